The monoisotopic (exact) mass is 407 g/mol. The summed E-state index contributed by atoms with van der Waals surface area (Å²) in [4.78, 5) is 31.4. The van der Waals surface area contributed by atoms with Gasteiger partial charge >= 0.3 is 0 Å². The lowest BCUT2D eigenvalue weighted by atomic mass is 10.0. The second-order valence-electron chi connectivity index (χ2n) is 7.42. The Labute approximate surface area is 174 Å². The molecule has 2 heterocycles. The number of para-hydroxylation sites is 1. The van der Waals surface area contributed by atoms with E-state index in [9.17, 15) is 9.59 Å². The fraction of sp³-hybridized carbons (Fsp3) is 0.348. The largest absolute Gasteiger partial charge is 0.349 e. The van der Waals surface area contributed by atoms with E-state index in [4.69, 9.17) is 0 Å². The molecule has 0 unspecified atom stereocenters. The molecule has 5 nitrogen and oxygen atoms in total. The van der Waals surface area contributed by atoms with E-state index in [0.29, 0.717) is 25.1 Å². The van der Waals surface area contributed by atoms with E-state index >= 15 is 0 Å². The summed E-state index contributed by atoms with van der Waals surface area (Å²) in [7, 11) is 0. The van der Waals surface area contributed by atoms with Crippen molar-refractivity contribution in [3.8, 4) is 0 Å². The lowest BCUT2D eigenvalue weighted by Crippen LogP contribution is -2.46. The fourth-order valence-electron chi connectivity index (χ4n) is 3.71. The molecule has 1 saturated heterocycles. The van der Waals surface area contributed by atoms with Crippen LogP contribution in [-0.2, 0) is 11.2 Å². The van der Waals surface area contributed by atoms with Crippen molar-refractivity contribution in [3.63, 3.8) is 0 Å². The standard InChI is InChI=1S/C23H25N3O2S/c27-22(12-6-11-21-25-19-9-4-5-10-20(19)29-21)26-15-13-18(14-16-26)24-23(28)17-7-2-1-3-8-17/h1-5,7-10,18H,6,11-16H2,(H,24,28). The quantitative estimate of drug-likeness (QED) is 0.671. The molecule has 4 rings (SSSR count). The maximum atomic E-state index is 12.5. The number of nitrogens with zero attached hydrogens (tertiary/aromatic N) is 2. The molecule has 3 aromatic rings. The molecule has 0 aliphatic carbocycles. The van der Waals surface area contributed by atoms with Crippen LogP contribution < -0.4 is 5.32 Å². The number of hydrogen-bond donors (Lipinski definition) is 1. The molecule has 2 amide bonds. The fourth-order valence-corrected chi connectivity index (χ4v) is 4.72. The lowest BCUT2D eigenvalue weighted by Gasteiger charge is -2.32. The van der Waals surface area contributed by atoms with Crippen LogP contribution in [0, 0.1) is 0 Å². The molecule has 0 bridgehead atoms. The van der Waals surface area contributed by atoms with Gasteiger partial charge in [0.05, 0.1) is 15.2 Å². The van der Waals surface area contributed by atoms with Gasteiger partial charge in [0.15, 0.2) is 0 Å². The molecule has 0 saturated carbocycles. The van der Waals surface area contributed by atoms with Crippen LogP contribution >= 0.6 is 11.3 Å². The Morgan fingerprint density at radius 1 is 1.03 bits per heavy atom. The van der Waals surface area contributed by atoms with Gasteiger partial charge in [-0.1, -0.05) is 30.3 Å². The van der Waals surface area contributed by atoms with Gasteiger partial charge in [-0.15, -0.1) is 11.3 Å². The van der Waals surface area contributed by atoms with E-state index in [1.165, 1.54) is 4.70 Å². The first-order chi connectivity index (χ1) is 14.2. The Balaban J connectivity index is 1.19. The van der Waals surface area contributed by atoms with Crippen LogP contribution in [0.5, 0.6) is 0 Å². The maximum Gasteiger partial charge on any atom is 0.251 e. The Kier molecular flexibility index (Phi) is 6.20. The topological polar surface area (TPSA) is 62.3 Å². The van der Waals surface area contributed by atoms with E-state index in [2.05, 4.69) is 16.4 Å². The number of rotatable bonds is 6. The minimum Gasteiger partial charge on any atom is -0.349 e. The number of thiazole rings is 1. The molecule has 1 aromatic heterocycles. The van der Waals surface area contributed by atoms with Crippen LogP contribution in [0.3, 0.4) is 0 Å². The van der Waals surface area contributed by atoms with Crippen molar-refractivity contribution in [2.45, 2.75) is 38.1 Å². The van der Waals surface area contributed by atoms with E-state index < -0.39 is 0 Å². The third-order valence-corrected chi connectivity index (χ3v) is 6.43. The van der Waals surface area contributed by atoms with Gasteiger partial charge in [-0.2, -0.15) is 0 Å². The van der Waals surface area contributed by atoms with Crippen LogP contribution in [0.25, 0.3) is 10.2 Å². The number of amides is 2. The van der Waals surface area contributed by atoms with Gasteiger partial charge in [0.2, 0.25) is 5.91 Å². The summed E-state index contributed by atoms with van der Waals surface area (Å²) in [5, 5.41) is 4.19. The highest BCUT2D eigenvalue weighted by Gasteiger charge is 2.23. The first kappa shape index (κ1) is 19.6. The molecular weight excluding hydrogens is 382 g/mol. The molecule has 0 radical (unpaired) electrons. The molecule has 150 valence electrons. The Hall–Kier alpha value is -2.73. The zero-order valence-electron chi connectivity index (χ0n) is 16.3. The van der Waals surface area contributed by atoms with Crippen molar-refractivity contribution in [2.75, 3.05) is 13.1 Å². The molecule has 29 heavy (non-hydrogen) atoms. The van der Waals surface area contributed by atoms with Gasteiger partial charge in [0.25, 0.3) is 5.91 Å². The van der Waals surface area contributed by atoms with E-state index in [1.807, 2.05) is 53.4 Å². The van der Waals surface area contributed by atoms with Crippen molar-refractivity contribution in [1.29, 1.82) is 0 Å². The third-order valence-electron chi connectivity index (χ3n) is 5.34. The van der Waals surface area contributed by atoms with Crippen molar-refractivity contribution < 1.29 is 9.59 Å². The maximum absolute atomic E-state index is 12.5. The summed E-state index contributed by atoms with van der Waals surface area (Å²) in [6.07, 6.45) is 3.83. The number of aromatic nitrogens is 1. The zero-order chi connectivity index (χ0) is 20.1. The highest BCUT2D eigenvalue weighted by molar-refractivity contribution is 7.18. The first-order valence-corrected chi connectivity index (χ1v) is 11.0. The van der Waals surface area contributed by atoms with E-state index in [-0.39, 0.29) is 17.9 Å². The van der Waals surface area contributed by atoms with Crippen molar-refractivity contribution >= 4 is 33.4 Å². The average Bonchev–Trinajstić information content (AvgIpc) is 3.17. The smallest absolute Gasteiger partial charge is 0.251 e. The van der Waals surface area contributed by atoms with Crippen molar-refractivity contribution in [1.82, 2.24) is 15.2 Å². The third kappa shape index (κ3) is 5.01. The van der Waals surface area contributed by atoms with Gasteiger partial charge < -0.3 is 10.2 Å². The van der Waals surface area contributed by atoms with Gasteiger partial charge in [-0.25, -0.2) is 4.98 Å². The SMILES string of the molecule is O=C(NC1CCN(C(=O)CCCc2nc3ccccc3s2)CC1)c1ccccc1. The summed E-state index contributed by atoms with van der Waals surface area (Å²) in [5.41, 5.74) is 1.72. The summed E-state index contributed by atoms with van der Waals surface area (Å²) < 4.78 is 1.20. The van der Waals surface area contributed by atoms with Crippen LogP contribution in [0.4, 0.5) is 0 Å². The number of carbonyl (C=O) groups excluding carboxylic acids is 2. The number of benzene rings is 2. The lowest BCUT2D eigenvalue weighted by molar-refractivity contribution is -0.132. The molecule has 1 N–H and O–H groups in total. The molecule has 0 spiro atoms. The Morgan fingerprint density at radius 2 is 1.76 bits per heavy atom. The summed E-state index contributed by atoms with van der Waals surface area (Å²) in [6, 6.07) is 17.5. The van der Waals surface area contributed by atoms with Gasteiger partial charge in [0, 0.05) is 31.1 Å². The number of hydrogen-bond acceptors (Lipinski definition) is 4. The zero-order valence-corrected chi connectivity index (χ0v) is 17.2. The molecule has 1 aliphatic rings. The van der Waals surface area contributed by atoms with E-state index in [0.717, 1.165) is 36.2 Å². The number of likely N-dealkylation sites (tertiary alicyclic amines) is 1. The number of nitrogens with one attached hydrogen (secondary N) is 1. The first-order valence-electron chi connectivity index (χ1n) is 10.2. The number of aryl methyl sites for hydroxylation is 1. The predicted octanol–water partition coefficient (Wildman–Crippen LogP) is 4.04. The second kappa shape index (κ2) is 9.18. The summed E-state index contributed by atoms with van der Waals surface area (Å²) in [5.74, 6) is 0.171. The van der Waals surface area contributed by atoms with Crippen molar-refractivity contribution in [3.05, 3.63) is 65.2 Å². The normalized spacial score (nSPS) is 14.8. The molecule has 1 fully saturated rings. The van der Waals surface area contributed by atoms with Crippen LogP contribution in [-0.4, -0.2) is 40.8 Å². The molecule has 1 aliphatic heterocycles. The predicted molar refractivity (Wildman–Crippen MR) is 116 cm³/mol. The molecule has 2 aromatic carbocycles. The van der Waals surface area contributed by atoms with Crippen LogP contribution in [0.2, 0.25) is 0 Å². The van der Waals surface area contributed by atoms with Gasteiger partial charge in [0.1, 0.15) is 0 Å². The summed E-state index contributed by atoms with van der Waals surface area (Å²) >= 11 is 1.71. The summed E-state index contributed by atoms with van der Waals surface area (Å²) in [6.45, 7) is 1.42. The average molecular weight is 408 g/mol. The Morgan fingerprint density at radius 3 is 2.52 bits per heavy atom. The highest BCUT2D eigenvalue weighted by Crippen LogP contribution is 2.23. The molecule has 6 heteroatoms. The number of carbonyl (C=O) groups is 2. The van der Waals surface area contributed by atoms with Crippen LogP contribution in [0.1, 0.15) is 41.0 Å². The van der Waals surface area contributed by atoms with E-state index in [1.54, 1.807) is 11.3 Å². The second-order valence-corrected chi connectivity index (χ2v) is 8.54. The minimum absolute atomic E-state index is 0.0359. The number of fused-ring (bicyclic) bond motifs is 1. The minimum atomic E-state index is -0.0359. The van der Waals surface area contributed by atoms with Crippen molar-refractivity contribution in [2.24, 2.45) is 0 Å². The molecule has 0 atom stereocenters. The van der Waals surface area contributed by atoms with Gasteiger partial charge in [-0.3, -0.25) is 9.59 Å². The van der Waals surface area contributed by atoms with Crippen LogP contribution in [0.15, 0.2) is 54.6 Å². The highest BCUT2D eigenvalue weighted by atomic mass is 32.1. The molecular formula is C23H25N3O2S. The number of piperidine rings is 1. The van der Waals surface area contributed by atoms with Gasteiger partial charge in [-0.05, 0) is 49.9 Å². The Bertz CT molecular complexity index is 945.